The van der Waals surface area contributed by atoms with Crippen molar-refractivity contribution in [2.24, 2.45) is 10.7 Å². The van der Waals surface area contributed by atoms with Gasteiger partial charge in [-0.15, -0.1) is 0 Å². The zero-order valence-corrected chi connectivity index (χ0v) is 15.5. The molecule has 0 spiro atoms. The number of aromatic nitrogens is 5. The van der Waals surface area contributed by atoms with Crippen LogP contribution in [0.15, 0.2) is 46.3 Å². The van der Waals surface area contributed by atoms with Gasteiger partial charge in [-0.1, -0.05) is 18.2 Å². The lowest BCUT2D eigenvalue weighted by Crippen LogP contribution is -2.19. The van der Waals surface area contributed by atoms with Gasteiger partial charge in [0.2, 0.25) is 5.88 Å². The van der Waals surface area contributed by atoms with Gasteiger partial charge in [-0.2, -0.15) is 9.61 Å². The Balaban J connectivity index is 1.77. The predicted octanol–water partition coefficient (Wildman–Crippen LogP) is 0.188. The molecule has 3 aromatic heterocycles. The van der Waals surface area contributed by atoms with Gasteiger partial charge in [0, 0.05) is 23.4 Å². The van der Waals surface area contributed by atoms with Crippen LogP contribution in [0.4, 0.5) is 0 Å². The monoisotopic (exact) mass is 389 g/mol. The van der Waals surface area contributed by atoms with Crippen molar-refractivity contribution >= 4 is 11.7 Å². The maximum Gasteiger partial charge on any atom is 0.326 e. The lowest BCUT2D eigenvalue weighted by atomic mass is 10.1. The maximum atomic E-state index is 11.4. The number of imidazole rings is 1. The van der Waals surface area contributed by atoms with E-state index >= 15 is 0 Å². The molecule has 1 aliphatic carbocycles. The third-order valence-corrected chi connectivity index (χ3v) is 4.84. The van der Waals surface area contributed by atoms with Gasteiger partial charge >= 0.3 is 5.69 Å². The van der Waals surface area contributed by atoms with E-state index < -0.39 is 5.69 Å². The Hall–Kier alpha value is -3.72. The maximum absolute atomic E-state index is 11.4. The summed E-state index contributed by atoms with van der Waals surface area (Å²) in [5.41, 5.74) is 9.58. The molecule has 0 bridgehead atoms. The molecule has 1 fully saturated rings. The molecule has 0 radical (unpaired) electrons. The zero-order valence-electron chi connectivity index (χ0n) is 15.5. The van der Waals surface area contributed by atoms with Crippen LogP contribution >= 0.6 is 0 Å². The Morgan fingerprint density at radius 3 is 2.90 bits per heavy atom. The van der Waals surface area contributed by atoms with Crippen molar-refractivity contribution in [1.29, 1.82) is 0 Å². The smallest absolute Gasteiger partial charge is 0.326 e. The van der Waals surface area contributed by atoms with Crippen molar-refractivity contribution in [2.45, 2.75) is 25.4 Å². The summed E-state index contributed by atoms with van der Waals surface area (Å²) in [7, 11) is 0. The Morgan fingerprint density at radius 1 is 1.31 bits per heavy atom. The fourth-order valence-electron chi connectivity index (χ4n) is 3.20. The number of aromatic hydroxyl groups is 1. The van der Waals surface area contributed by atoms with Crippen molar-refractivity contribution in [3.8, 4) is 17.1 Å². The average molecular weight is 389 g/mol. The number of nitrogens with two attached hydrogens (primary N) is 1. The molecule has 0 unspecified atom stereocenters. The highest BCUT2D eigenvalue weighted by Gasteiger charge is 2.20. The van der Waals surface area contributed by atoms with Gasteiger partial charge in [0.1, 0.15) is 5.69 Å². The summed E-state index contributed by atoms with van der Waals surface area (Å²) in [4.78, 5) is 25.8. The normalized spacial score (nSPS) is 15.5. The highest BCUT2D eigenvalue weighted by Crippen LogP contribution is 2.23. The number of benzene rings is 1. The second-order valence-corrected chi connectivity index (χ2v) is 7.09. The Morgan fingerprint density at radius 2 is 2.17 bits per heavy atom. The largest absolute Gasteiger partial charge is 0.493 e. The topological polar surface area (TPSA) is 137 Å². The molecule has 1 aromatic carbocycles. The SMILES string of the molecule is NCc1cccc(-c2cc(=NC3CC3)n3nc/c(=C\c4[nH]c(=O)[nH]c4O)c3n2)c1. The van der Waals surface area contributed by atoms with Crippen LogP contribution < -0.4 is 22.1 Å². The van der Waals surface area contributed by atoms with E-state index in [1.807, 2.05) is 30.3 Å². The van der Waals surface area contributed by atoms with E-state index in [2.05, 4.69) is 15.1 Å². The van der Waals surface area contributed by atoms with Crippen molar-refractivity contribution < 1.29 is 5.11 Å². The molecule has 0 aliphatic heterocycles. The minimum Gasteiger partial charge on any atom is -0.493 e. The van der Waals surface area contributed by atoms with Crippen LogP contribution in [-0.4, -0.2) is 35.7 Å². The molecule has 1 aliphatic rings. The summed E-state index contributed by atoms with van der Waals surface area (Å²) in [6.45, 7) is 0.446. The van der Waals surface area contributed by atoms with Gasteiger partial charge in [-0.05, 0) is 30.5 Å². The minimum atomic E-state index is -0.484. The standard InChI is InChI=1S/C20H19N7O2/c21-9-11-2-1-3-12(6-11)15-8-17(23-14-4-5-14)27-18(24-15)13(10-22-27)7-16-19(28)26-20(29)25-16/h1-3,6-8,10,14,28H,4-5,9,21H2,(H2,25,26,29)/b13-7+,23-17?. The molecule has 9 heteroatoms. The summed E-state index contributed by atoms with van der Waals surface area (Å²) in [5.74, 6) is -0.232. The molecular weight excluding hydrogens is 370 g/mol. The molecular formula is C20H19N7O2. The van der Waals surface area contributed by atoms with E-state index in [1.165, 1.54) is 0 Å². The lowest BCUT2D eigenvalue weighted by Gasteiger charge is -2.05. The first kappa shape index (κ1) is 17.4. The lowest BCUT2D eigenvalue weighted by molar-refractivity contribution is 0.454. The van der Waals surface area contributed by atoms with Gasteiger partial charge in [0.25, 0.3) is 0 Å². The van der Waals surface area contributed by atoms with Crippen LogP contribution in [0.1, 0.15) is 24.1 Å². The second kappa shape index (κ2) is 6.71. The van der Waals surface area contributed by atoms with Crippen LogP contribution in [0.25, 0.3) is 23.0 Å². The molecule has 0 atom stereocenters. The first-order valence-corrected chi connectivity index (χ1v) is 9.36. The highest BCUT2D eigenvalue weighted by molar-refractivity contribution is 5.64. The Kier molecular flexibility index (Phi) is 4.02. The number of aromatic amines is 2. The van der Waals surface area contributed by atoms with E-state index in [0.717, 1.165) is 35.2 Å². The van der Waals surface area contributed by atoms with Gasteiger partial charge in [0.05, 0.1) is 17.9 Å². The highest BCUT2D eigenvalue weighted by atomic mass is 16.3. The van der Waals surface area contributed by atoms with Crippen LogP contribution in [0, 0.1) is 0 Å². The third-order valence-electron chi connectivity index (χ3n) is 4.84. The van der Waals surface area contributed by atoms with Crippen LogP contribution in [0.3, 0.4) is 0 Å². The fraction of sp³-hybridized carbons (Fsp3) is 0.200. The number of hydrogen-bond acceptors (Lipinski definition) is 6. The molecule has 1 saturated carbocycles. The Bertz CT molecular complexity index is 1390. The zero-order chi connectivity index (χ0) is 20.0. The summed E-state index contributed by atoms with van der Waals surface area (Å²) in [5, 5.41) is 15.0. The third kappa shape index (κ3) is 3.32. The summed E-state index contributed by atoms with van der Waals surface area (Å²) in [6.07, 6.45) is 5.41. The van der Waals surface area contributed by atoms with E-state index in [4.69, 9.17) is 15.7 Å². The van der Waals surface area contributed by atoms with Gasteiger partial charge in [-0.25, -0.2) is 9.78 Å². The number of fused-ring (bicyclic) bond motifs is 1. The quantitative estimate of drug-likeness (QED) is 0.395. The van der Waals surface area contributed by atoms with E-state index in [9.17, 15) is 9.90 Å². The van der Waals surface area contributed by atoms with Crippen LogP contribution in [-0.2, 0) is 6.54 Å². The second-order valence-electron chi connectivity index (χ2n) is 7.09. The number of rotatable bonds is 4. The van der Waals surface area contributed by atoms with Crippen molar-refractivity contribution in [1.82, 2.24) is 24.6 Å². The molecule has 0 saturated heterocycles. The van der Waals surface area contributed by atoms with Gasteiger partial charge in [0.15, 0.2) is 11.1 Å². The first-order chi connectivity index (χ1) is 14.1. The first-order valence-electron chi connectivity index (χ1n) is 9.36. The summed E-state index contributed by atoms with van der Waals surface area (Å²) in [6, 6.07) is 10.1. The van der Waals surface area contributed by atoms with E-state index in [-0.39, 0.29) is 11.6 Å². The van der Waals surface area contributed by atoms with Crippen molar-refractivity contribution in [2.75, 3.05) is 0 Å². The molecule has 5 N–H and O–H groups in total. The number of nitrogens with one attached hydrogen (secondary N) is 2. The van der Waals surface area contributed by atoms with E-state index in [1.54, 1.807) is 16.8 Å². The van der Waals surface area contributed by atoms with Gasteiger partial charge in [-0.3, -0.25) is 9.98 Å². The predicted molar refractivity (Wildman–Crippen MR) is 107 cm³/mol. The Labute approximate surface area is 164 Å². The molecule has 3 heterocycles. The molecule has 146 valence electrons. The van der Waals surface area contributed by atoms with E-state index in [0.29, 0.717) is 23.5 Å². The molecule has 4 aromatic rings. The number of nitrogens with zero attached hydrogens (tertiary/aromatic N) is 4. The molecule has 5 rings (SSSR count). The number of hydrogen-bond donors (Lipinski definition) is 4. The molecule has 0 amide bonds. The van der Waals surface area contributed by atoms with Crippen LogP contribution in [0.5, 0.6) is 5.88 Å². The van der Waals surface area contributed by atoms with Crippen molar-refractivity contribution in [3.63, 3.8) is 0 Å². The summed E-state index contributed by atoms with van der Waals surface area (Å²) < 4.78 is 1.68. The van der Waals surface area contributed by atoms with Crippen LogP contribution in [0.2, 0.25) is 0 Å². The van der Waals surface area contributed by atoms with Crippen molar-refractivity contribution in [3.05, 3.63) is 69.0 Å². The van der Waals surface area contributed by atoms with Gasteiger partial charge < -0.3 is 15.8 Å². The summed E-state index contributed by atoms with van der Waals surface area (Å²) >= 11 is 0. The fourth-order valence-corrected chi connectivity index (χ4v) is 3.20. The molecule has 29 heavy (non-hydrogen) atoms. The number of H-pyrrole nitrogens is 2. The average Bonchev–Trinajstić information content (AvgIpc) is 3.36. The minimum absolute atomic E-state index is 0.232. The molecule has 9 nitrogen and oxygen atoms in total.